The van der Waals surface area contributed by atoms with Gasteiger partial charge in [-0.3, -0.25) is 15.1 Å². The van der Waals surface area contributed by atoms with Gasteiger partial charge in [0.05, 0.1) is 15.5 Å². The van der Waals surface area contributed by atoms with Crippen LogP contribution in [-0.4, -0.2) is 9.91 Å². The summed E-state index contributed by atoms with van der Waals surface area (Å²) in [6.45, 7) is 0. The summed E-state index contributed by atoms with van der Waals surface area (Å²) >= 11 is 3.11. The Balaban J connectivity index is 1.79. The highest BCUT2D eigenvalue weighted by atomic mass is 32.2. The highest BCUT2D eigenvalue weighted by Gasteiger charge is 2.11. The van der Waals surface area contributed by atoms with Gasteiger partial charge in [-0.15, -0.1) is 11.3 Å². The lowest BCUT2D eigenvalue weighted by Crippen LogP contribution is -1.95. The van der Waals surface area contributed by atoms with Gasteiger partial charge in [-0.1, -0.05) is 17.8 Å². The number of anilines is 1. The van der Waals surface area contributed by atoms with E-state index in [1.807, 2.05) is 29.6 Å². The number of benzene rings is 1. The number of rotatable bonds is 4. The van der Waals surface area contributed by atoms with Gasteiger partial charge in [0.1, 0.15) is 5.69 Å². The van der Waals surface area contributed by atoms with Gasteiger partial charge in [0.15, 0.2) is 0 Å². The van der Waals surface area contributed by atoms with Crippen LogP contribution < -0.4 is 5.73 Å². The number of nitro benzene ring substituents is 1. The monoisotopic (exact) mass is 329 g/mol. The molecule has 5 nitrogen and oxygen atoms in total. The van der Waals surface area contributed by atoms with E-state index in [1.165, 1.54) is 17.8 Å². The minimum atomic E-state index is -0.485. The van der Waals surface area contributed by atoms with Crippen molar-refractivity contribution in [3.05, 3.63) is 64.2 Å². The molecule has 0 aliphatic rings. The molecule has 0 spiro atoms. The molecule has 0 fully saturated rings. The van der Waals surface area contributed by atoms with E-state index in [0.717, 1.165) is 20.4 Å². The van der Waals surface area contributed by atoms with Crippen molar-refractivity contribution < 1.29 is 4.92 Å². The fourth-order valence-corrected chi connectivity index (χ4v) is 3.45. The molecule has 0 saturated heterocycles. The molecule has 0 amide bonds. The molecule has 0 atom stereocenters. The van der Waals surface area contributed by atoms with E-state index in [-0.39, 0.29) is 11.4 Å². The van der Waals surface area contributed by atoms with Crippen molar-refractivity contribution in [2.45, 2.75) is 9.79 Å². The first-order valence-electron chi connectivity index (χ1n) is 6.35. The minimum Gasteiger partial charge on any atom is -0.393 e. The Kier molecular flexibility index (Phi) is 4.08. The first kappa shape index (κ1) is 14.6. The van der Waals surface area contributed by atoms with Crippen LogP contribution in [-0.2, 0) is 0 Å². The topological polar surface area (TPSA) is 82.0 Å². The number of thiophene rings is 1. The number of nitrogens with zero attached hydrogens (tertiary/aromatic N) is 2. The standard InChI is InChI=1S/C15H11N3O2S2/c16-12-8-10(4-6-14(12)18(19)20)22-11-3-5-13(17-9-11)15-2-1-7-21-15/h1-9H,16H2. The number of pyridine rings is 1. The van der Waals surface area contributed by atoms with Crippen molar-refractivity contribution in [1.29, 1.82) is 0 Å². The van der Waals surface area contributed by atoms with Gasteiger partial charge in [0.25, 0.3) is 5.69 Å². The van der Waals surface area contributed by atoms with Gasteiger partial charge in [0.2, 0.25) is 0 Å². The summed E-state index contributed by atoms with van der Waals surface area (Å²) in [5, 5.41) is 12.8. The summed E-state index contributed by atoms with van der Waals surface area (Å²) < 4.78 is 0. The average Bonchev–Trinajstić information content (AvgIpc) is 3.02. The summed E-state index contributed by atoms with van der Waals surface area (Å²) in [5.74, 6) is 0. The number of hydrogen-bond donors (Lipinski definition) is 1. The zero-order valence-electron chi connectivity index (χ0n) is 11.3. The highest BCUT2D eigenvalue weighted by Crippen LogP contribution is 2.33. The molecule has 110 valence electrons. The molecule has 0 aliphatic carbocycles. The Morgan fingerprint density at radius 1 is 1.18 bits per heavy atom. The van der Waals surface area contributed by atoms with Crippen molar-refractivity contribution in [2.24, 2.45) is 0 Å². The van der Waals surface area contributed by atoms with E-state index in [9.17, 15) is 10.1 Å². The largest absolute Gasteiger partial charge is 0.393 e. The molecule has 1 aromatic carbocycles. The second kappa shape index (κ2) is 6.17. The van der Waals surface area contributed by atoms with Crippen LogP contribution in [0.1, 0.15) is 0 Å². The Morgan fingerprint density at radius 2 is 2.00 bits per heavy atom. The van der Waals surface area contributed by atoms with Gasteiger partial charge in [0, 0.05) is 22.1 Å². The smallest absolute Gasteiger partial charge is 0.292 e. The molecule has 3 rings (SSSR count). The lowest BCUT2D eigenvalue weighted by molar-refractivity contribution is -0.383. The lowest BCUT2D eigenvalue weighted by atomic mass is 10.3. The summed E-state index contributed by atoms with van der Waals surface area (Å²) in [7, 11) is 0. The predicted molar refractivity (Wildman–Crippen MR) is 89.2 cm³/mol. The molecule has 0 saturated carbocycles. The highest BCUT2D eigenvalue weighted by molar-refractivity contribution is 7.99. The third-order valence-electron chi connectivity index (χ3n) is 2.94. The summed E-state index contributed by atoms with van der Waals surface area (Å²) in [6, 6.07) is 12.7. The van der Waals surface area contributed by atoms with Gasteiger partial charge in [-0.05, 0) is 35.7 Å². The van der Waals surface area contributed by atoms with Crippen molar-refractivity contribution in [3.63, 3.8) is 0 Å². The Bertz CT molecular complexity index is 802. The van der Waals surface area contributed by atoms with Crippen molar-refractivity contribution >= 4 is 34.5 Å². The van der Waals surface area contributed by atoms with Crippen LogP contribution in [0.4, 0.5) is 11.4 Å². The normalized spacial score (nSPS) is 10.5. The van der Waals surface area contributed by atoms with Crippen LogP contribution in [0.3, 0.4) is 0 Å². The van der Waals surface area contributed by atoms with Crippen LogP contribution in [0.25, 0.3) is 10.6 Å². The maximum atomic E-state index is 10.8. The maximum absolute atomic E-state index is 10.8. The molecular formula is C15H11N3O2S2. The zero-order chi connectivity index (χ0) is 15.5. The quantitative estimate of drug-likeness (QED) is 0.434. The first-order chi connectivity index (χ1) is 10.6. The Labute approximate surface area is 135 Å². The Morgan fingerprint density at radius 3 is 2.59 bits per heavy atom. The van der Waals surface area contributed by atoms with E-state index < -0.39 is 4.92 Å². The van der Waals surface area contributed by atoms with Crippen LogP contribution in [0.2, 0.25) is 0 Å². The van der Waals surface area contributed by atoms with E-state index in [1.54, 1.807) is 29.7 Å². The molecule has 3 aromatic rings. The molecule has 0 unspecified atom stereocenters. The fourth-order valence-electron chi connectivity index (χ4n) is 1.91. The van der Waals surface area contributed by atoms with Crippen molar-refractivity contribution in [2.75, 3.05) is 5.73 Å². The third kappa shape index (κ3) is 3.10. The Hall–Kier alpha value is -2.38. The molecule has 0 bridgehead atoms. The number of nitro groups is 1. The zero-order valence-corrected chi connectivity index (χ0v) is 12.9. The van der Waals surface area contributed by atoms with E-state index in [0.29, 0.717) is 0 Å². The molecule has 0 aliphatic heterocycles. The predicted octanol–water partition coefficient (Wildman–Crippen LogP) is 4.45. The third-order valence-corrected chi connectivity index (χ3v) is 4.80. The second-order valence-electron chi connectivity index (χ2n) is 4.44. The average molecular weight is 329 g/mol. The SMILES string of the molecule is Nc1cc(Sc2ccc(-c3cccs3)nc2)ccc1[N+](=O)[O-]. The van der Waals surface area contributed by atoms with Crippen LogP contribution in [0, 0.1) is 10.1 Å². The number of nitrogen functional groups attached to an aromatic ring is 1. The fraction of sp³-hybridized carbons (Fsp3) is 0. The minimum absolute atomic E-state index is 0.0736. The molecule has 0 radical (unpaired) electrons. The van der Waals surface area contributed by atoms with E-state index in [2.05, 4.69) is 4.98 Å². The van der Waals surface area contributed by atoms with Gasteiger partial charge < -0.3 is 5.73 Å². The van der Waals surface area contributed by atoms with Crippen molar-refractivity contribution in [1.82, 2.24) is 4.98 Å². The second-order valence-corrected chi connectivity index (χ2v) is 6.53. The summed E-state index contributed by atoms with van der Waals surface area (Å²) in [6.07, 6.45) is 1.79. The first-order valence-corrected chi connectivity index (χ1v) is 8.05. The number of aromatic nitrogens is 1. The number of nitrogens with two attached hydrogens (primary N) is 1. The lowest BCUT2D eigenvalue weighted by Gasteiger charge is -2.04. The number of hydrogen-bond acceptors (Lipinski definition) is 6. The van der Waals surface area contributed by atoms with Gasteiger partial charge in [-0.2, -0.15) is 0 Å². The molecule has 2 aromatic heterocycles. The van der Waals surface area contributed by atoms with E-state index >= 15 is 0 Å². The molecule has 2 N–H and O–H groups in total. The summed E-state index contributed by atoms with van der Waals surface area (Å²) in [5.41, 5.74) is 6.72. The molecule has 22 heavy (non-hydrogen) atoms. The molecule has 2 heterocycles. The summed E-state index contributed by atoms with van der Waals surface area (Å²) in [4.78, 5) is 17.6. The maximum Gasteiger partial charge on any atom is 0.292 e. The van der Waals surface area contributed by atoms with Crippen LogP contribution in [0.15, 0.2) is 63.8 Å². The van der Waals surface area contributed by atoms with E-state index in [4.69, 9.17) is 5.73 Å². The molecule has 7 heteroatoms. The van der Waals surface area contributed by atoms with Gasteiger partial charge >= 0.3 is 0 Å². The molecular weight excluding hydrogens is 318 g/mol. The van der Waals surface area contributed by atoms with Crippen LogP contribution in [0.5, 0.6) is 0 Å². The van der Waals surface area contributed by atoms with Crippen molar-refractivity contribution in [3.8, 4) is 10.6 Å². The van der Waals surface area contributed by atoms with Gasteiger partial charge in [-0.25, -0.2) is 0 Å². The van der Waals surface area contributed by atoms with Crippen LogP contribution >= 0.6 is 23.1 Å².